The maximum Gasteiger partial charge on any atom is 0.416 e. The van der Waals surface area contributed by atoms with Crippen molar-refractivity contribution in [1.82, 2.24) is 0 Å². The molecule has 0 N–H and O–H groups in total. The molecular formula is C17H12ClF3O4. The molecule has 2 aromatic rings. The zero-order valence-corrected chi connectivity index (χ0v) is 13.5. The molecule has 0 spiro atoms. The SMILES string of the molecule is O=C(OCc1cc(Cl)cc2c1OCOC2)c1cccc(C(F)(F)F)c1. The number of hydrogen-bond donors (Lipinski definition) is 0. The van der Waals surface area contributed by atoms with E-state index in [1.807, 2.05) is 0 Å². The van der Waals surface area contributed by atoms with Crippen LogP contribution in [0.1, 0.15) is 27.0 Å². The topological polar surface area (TPSA) is 44.8 Å². The second kappa shape index (κ2) is 6.93. The molecule has 0 fully saturated rings. The second-order valence-corrected chi connectivity index (χ2v) is 5.75. The molecule has 0 amide bonds. The summed E-state index contributed by atoms with van der Waals surface area (Å²) in [5.74, 6) is -0.362. The summed E-state index contributed by atoms with van der Waals surface area (Å²) < 4.78 is 53.8. The van der Waals surface area contributed by atoms with Crippen molar-refractivity contribution >= 4 is 17.6 Å². The highest BCUT2D eigenvalue weighted by Crippen LogP contribution is 2.33. The standard InChI is InChI=1S/C17H12ClF3O4/c18-14-5-11-7-23-9-25-15(11)12(6-14)8-24-16(22)10-2-1-3-13(4-10)17(19,20)21/h1-6H,7-9H2. The molecule has 1 aliphatic rings. The lowest BCUT2D eigenvalue weighted by atomic mass is 10.1. The van der Waals surface area contributed by atoms with Gasteiger partial charge in [-0.25, -0.2) is 4.79 Å². The number of benzene rings is 2. The van der Waals surface area contributed by atoms with E-state index in [2.05, 4.69) is 0 Å². The Kier molecular flexibility index (Phi) is 4.87. The molecule has 4 nitrogen and oxygen atoms in total. The average molecular weight is 373 g/mol. The van der Waals surface area contributed by atoms with Crippen LogP contribution in [0.15, 0.2) is 36.4 Å². The third kappa shape index (κ3) is 4.05. The van der Waals surface area contributed by atoms with Crippen molar-refractivity contribution in [2.24, 2.45) is 0 Å². The first-order chi connectivity index (χ1) is 11.8. The molecule has 0 bridgehead atoms. The van der Waals surface area contributed by atoms with Gasteiger partial charge in [0.2, 0.25) is 0 Å². The average Bonchev–Trinajstić information content (AvgIpc) is 2.58. The van der Waals surface area contributed by atoms with Gasteiger partial charge in [-0.2, -0.15) is 13.2 Å². The van der Waals surface area contributed by atoms with Crippen molar-refractivity contribution in [1.29, 1.82) is 0 Å². The fourth-order valence-corrected chi connectivity index (χ4v) is 2.68. The van der Waals surface area contributed by atoms with Gasteiger partial charge in [-0.15, -0.1) is 0 Å². The van der Waals surface area contributed by atoms with Gasteiger partial charge in [0, 0.05) is 16.1 Å². The summed E-state index contributed by atoms with van der Waals surface area (Å²) in [6.45, 7) is 0.186. The molecule has 3 rings (SSSR count). The summed E-state index contributed by atoms with van der Waals surface area (Å²) in [6.07, 6.45) is -4.53. The zero-order chi connectivity index (χ0) is 18.0. The van der Waals surface area contributed by atoms with Crippen LogP contribution in [0, 0.1) is 0 Å². The molecule has 0 radical (unpaired) electrons. The Labute approximate surface area is 146 Å². The van der Waals surface area contributed by atoms with Crippen LogP contribution in [0.4, 0.5) is 13.2 Å². The lowest BCUT2D eigenvalue weighted by molar-refractivity contribution is -0.137. The minimum atomic E-state index is -4.53. The molecule has 2 aromatic carbocycles. The first-order valence-corrected chi connectivity index (χ1v) is 7.58. The molecular weight excluding hydrogens is 361 g/mol. The number of halogens is 4. The quantitative estimate of drug-likeness (QED) is 0.740. The molecule has 0 atom stereocenters. The number of carbonyl (C=O) groups is 1. The number of hydrogen-bond acceptors (Lipinski definition) is 4. The number of fused-ring (bicyclic) bond motifs is 1. The van der Waals surface area contributed by atoms with Crippen molar-refractivity contribution in [3.05, 3.63) is 63.7 Å². The molecule has 8 heteroatoms. The molecule has 0 saturated heterocycles. The van der Waals surface area contributed by atoms with Crippen LogP contribution >= 0.6 is 11.6 Å². The van der Waals surface area contributed by atoms with Crippen LogP contribution in [0.3, 0.4) is 0 Å². The summed E-state index contributed by atoms with van der Waals surface area (Å²) >= 11 is 6.01. The smallest absolute Gasteiger partial charge is 0.416 e. The summed E-state index contributed by atoms with van der Waals surface area (Å²) in [7, 11) is 0. The monoisotopic (exact) mass is 372 g/mol. The van der Waals surface area contributed by atoms with Gasteiger partial charge in [-0.3, -0.25) is 0 Å². The molecule has 132 valence electrons. The lowest BCUT2D eigenvalue weighted by Gasteiger charge is -2.21. The van der Waals surface area contributed by atoms with E-state index in [-0.39, 0.29) is 19.0 Å². The van der Waals surface area contributed by atoms with Gasteiger partial charge >= 0.3 is 12.1 Å². The van der Waals surface area contributed by atoms with Crippen LogP contribution < -0.4 is 4.74 Å². The Hall–Kier alpha value is -2.25. The summed E-state index contributed by atoms with van der Waals surface area (Å²) in [5, 5.41) is 0.415. The van der Waals surface area contributed by atoms with Crippen molar-refractivity contribution in [3.8, 4) is 5.75 Å². The van der Waals surface area contributed by atoms with Crippen LogP contribution in [-0.4, -0.2) is 12.8 Å². The van der Waals surface area contributed by atoms with E-state index in [4.69, 9.17) is 25.8 Å². The van der Waals surface area contributed by atoms with Crippen LogP contribution in [-0.2, 0) is 28.9 Å². The summed E-state index contributed by atoms with van der Waals surface area (Å²) in [4.78, 5) is 12.1. The normalized spacial score (nSPS) is 13.8. The Bertz CT molecular complexity index is 805. The van der Waals surface area contributed by atoms with E-state index in [0.29, 0.717) is 28.5 Å². The molecule has 0 aliphatic carbocycles. The predicted octanol–water partition coefficient (Wildman–Crippen LogP) is 4.58. The van der Waals surface area contributed by atoms with E-state index in [9.17, 15) is 18.0 Å². The van der Waals surface area contributed by atoms with E-state index in [1.54, 1.807) is 12.1 Å². The van der Waals surface area contributed by atoms with E-state index >= 15 is 0 Å². The maximum atomic E-state index is 12.7. The van der Waals surface area contributed by atoms with Crippen LogP contribution in [0.5, 0.6) is 5.75 Å². The Balaban J connectivity index is 1.76. The minimum Gasteiger partial charge on any atom is -0.467 e. The van der Waals surface area contributed by atoms with Gasteiger partial charge in [0.1, 0.15) is 12.4 Å². The largest absolute Gasteiger partial charge is 0.467 e. The number of esters is 1. The fraction of sp³-hybridized carbons (Fsp3) is 0.235. The zero-order valence-electron chi connectivity index (χ0n) is 12.7. The molecule has 25 heavy (non-hydrogen) atoms. The Morgan fingerprint density at radius 2 is 2.04 bits per heavy atom. The van der Waals surface area contributed by atoms with Crippen LogP contribution in [0.2, 0.25) is 5.02 Å². The molecule has 0 unspecified atom stereocenters. The Morgan fingerprint density at radius 1 is 1.24 bits per heavy atom. The molecule has 0 aromatic heterocycles. The molecule has 0 saturated carbocycles. The highest BCUT2D eigenvalue weighted by atomic mass is 35.5. The fourth-order valence-electron chi connectivity index (χ4n) is 2.41. The first kappa shape index (κ1) is 17.6. The highest BCUT2D eigenvalue weighted by molar-refractivity contribution is 6.30. The minimum absolute atomic E-state index is 0.0587. The van der Waals surface area contributed by atoms with Gasteiger partial charge in [0.05, 0.1) is 17.7 Å². The third-order valence-electron chi connectivity index (χ3n) is 3.54. The summed E-state index contributed by atoms with van der Waals surface area (Å²) in [6, 6.07) is 7.30. The van der Waals surface area contributed by atoms with Crippen molar-refractivity contribution in [2.75, 3.05) is 6.79 Å². The van der Waals surface area contributed by atoms with Crippen molar-refractivity contribution < 1.29 is 32.2 Å². The number of carbonyl (C=O) groups excluding carboxylic acids is 1. The molecule has 1 aliphatic heterocycles. The van der Waals surface area contributed by atoms with Crippen molar-refractivity contribution in [2.45, 2.75) is 19.4 Å². The first-order valence-electron chi connectivity index (χ1n) is 7.21. The van der Waals surface area contributed by atoms with Gasteiger partial charge < -0.3 is 14.2 Å². The van der Waals surface area contributed by atoms with Crippen molar-refractivity contribution in [3.63, 3.8) is 0 Å². The third-order valence-corrected chi connectivity index (χ3v) is 3.75. The van der Waals surface area contributed by atoms with E-state index < -0.39 is 17.7 Å². The second-order valence-electron chi connectivity index (χ2n) is 5.32. The lowest BCUT2D eigenvalue weighted by Crippen LogP contribution is -2.14. The van der Waals surface area contributed by atoms with Crippen LogP contribution in [0.25, 0.3) is 0 Å². The maximum absolute atomic E-state index is 12.7. The van der Waals surface area contributed by atoms with E-state index in [1.165, 1.54) is 6.07 Å². The number of ether oxygens (including phenoxy) is 3. The number of rotatable bonds is 3. The number of alkyl halides is 3. The summed E-state index contributed by atoms with van der Waals surface area (Å²) in [5.41, 5.74) is 0.132. The predicted molar refractivity (Wildman–Crippen MR) is 82.3 cm³/mol. The molecule has 1 heterocycles. The Morgan fingerprint density at radius 3 is 2.80 bits per heavy atom. The highest BCUT2D eigenvalue weighted by Gasteiger charge is 2.31. The van der Waals surface area contributed by atoms with Gasteiger partial charge in [-0.1, -0.05) is 17.7 Å². The van der Waals surface area contributed by atoms with Gasteiger partial charge in [0.15, 0.2) is 6.79 Å². The van der Waals surface area contributed by atoms with E-state index in [0.717, 1.165) is 18.2 Å². The van der Waals surface area contributed by atoms with Gasteiger partial charge in [-0.05, 0) is 30.3 Å². The van der Waals surface area contributed by atoms with Gasteiger partial charge in [0.25, 0.3) is 0 Å².